The van der Waals surface area contributed by atoms with Gasteiger partial charge in [-0.15, -0.1) is 10.2 Å². The number of nitrogens with one attached hydrogen (secondary N) is 2. The van der Waals surface area contributed by atoms with Crippen molar-refractivity contribution in [3.63, 3.8) is 0 Å². The zero-order valence-corrected chi connectivity index (χ0v) is 16.7. The first-order chi connectivity index (χ1) is 14.5. The molecule has 1 saturated carbocycles. The van der Waals surface area contributed by atoms with Crippen LogP contribution in [0.25, 0.3) is 11.3 Å². The maximum Gasteiger partial charge on any atom is 0.228 e. The lowest BCUT2D eigenvalue weighted by Gasteiger charge is -2.15. The van der Waals surface area contributed by atoms with Crippen LogP contribution in [-0.2, 0) is 11.8 Å². The maximum atomic E-state index is 12.1. The number of Topliss-reactive ketones (excluding diaryl/α,β-unsaturated/α-hetero) is 1. The van der Waals surface area contributed by atoms with Gasteiger partial charge in [-0.25, -0.2) is 4.98 Å². The highest BCUT2D eigenvalue weighted by Gasteiger charge is 2.30. The highest BCUT2D eigenvalue weighted by atomic mass is 16.5. The van der Waals surface area contributed by atoms with E-state index in [9.17, 15) is 9.59 Å². The monoisotopic (exact) mass is 408 g/mol. The SMILES string of the molecule is COc1c(-c2cnn(C)n2)ccnc1Nc1cc(NC(=O)C2CC2)nnc1C(C)=O. The molecule has 0 aromatic carbocycles. The first-order valence-electron chi connectivity index (χ1n) is 9.32. The van der Waals surface area contributed by atoms with Crippen molar-refractivity contribution in [1.82, 2.24) is 30.2 Å². The molecule has 4 rings (SSSR count). The molecule has 2 N–H and O–H groups in total. The molecule has 30 heavy (non-hydrogen) atoms. The molecule has 0 saturated heterocycles. The Morgan fingerprint density at radius 3 is 2.70 bits per heavy atom. The second kappa shape index (κ2) is 7.85. The van der Waals surface area contributed by atoms with Crippen LogP contribution in [0.1, 0.15) is 30.3 Å². The van der Waals surface area contributed by atoms with Gasteiger partial charge in [0.2, 0.25) is 5.91 Å². The number of hydrogen-bond donors (Lipinski definition) is 2. The molecular formula is C19H20N8O3. The number of hydrogen-bond acceptors (Lipinski definition) is 9. The third kappa shape index (κ3) is 3.95. The van der Waals surface area contributed by atoms with Gasteiger partial charge in [0.25, 0.3) is 0 Å². The molecule has 0 aliphatic heterocycles. The Bertz CT molecular complexity index is 1120. The molecule has 11 heteroatoms. The van der Waals surface area contributed by atoms with Gasteiger partial charge in [0.15, 0.2) is 28.9 Å². The van der Waals surface area contributed by atoms with E-state index in [0.717, 1.165) is 12.8 Å². The van der Waals surface area contributed by atoms with Crippen LogP contribution in [0.5, 0.6) is 5.75 Å². The van der Waals surface area contributed by atoms with Gasteiger partial charge in [-0.1, -0.05) is 0 Å². The summed E-state index contributed by atoms with van der Waals surface area (Å²) >= 11 is 0. The minimum atomic E-state index is -0.283. The van der Waals surface area contributed by atoms with Gasteiger partial charge in [-0.2, -0.15) is 15.0 Å². The summed E-state index contributed by atoms with van der Waals surface area (Å²) in [6.07, 6.45) is 4.94. The molecule has 3 aromatic rings. The smallest absolute Gasteiger partial charge is 0.228 e. The first-order valence-corrected chi connectivity index (χ1v) is 9.32. The summed E-state index contributed by atoms with van der Waals surface area (Å²) in [5.41, 5.74) is 1.76. The Hall–Kier alpha value is -3.89. The summed E-state index contributed by atoms with van der Waals surface area (Å²) in [4.78, 5) is 29.9. The van der Waals surface area contributed by atoms with E-state index in [2.05, 4.69) is 36.0 Å². The molecule has 1 amide bonds. The Morgan fingerprint density at radius 2 is 2.07 bits per heavy atom. The largest absolute Gasteiger partial charge is 0.492 e. The number of ketones is 1. The van der Waals surface area contributed by atoms with Gasteiger partial charge in [0.05, 0.1) is 24.6 Å². The number of carbonyl (C=O) groups excluding carboxylic acids is 2. The molecular weight excluding hydrogens is 388 g/mol. The van der Waals surface area contributed by atoms with Gasteiger partial charge in [-0.05, 0) is 18.9 Å². The molecule has 11 nitrogen and oxygen atoms in total. The van der Waals surface area contributed by atoms with E-state index in [0.29, 0.717) is 28.5 Å². The van der Waals surface area contributed by atoms with E-state index >= 15 is 0 Å². The van der Waals surface area contributed by atoms with Crippen LogP contribution in [0.4, 0.5) is 17.3 Å². The lowest BCUT2D eigenvalue weighted by atomic mass is 10.1. The van der Waals surface area contributed by atoms with Crippen molar-refractivity contribution >= 4 is 29.0 Å². The van der Waals surface area contributed by atoms with Crippen LogP contribution >= 0.6 is 0 Å². The predicted molar refractivity (Wildman–Crippen MR) is 107 cm³/mol. The van der Waals surface area contributed by atoms with Crippen LogP contribution in [0.2, 0.25) is 0 Å². The summed E-state index contributed by atoms with van der Waals surface area (Å²) in [7, 11) is 3.23. The highest BCUT2D eigenvalue weighted by molar-refractivity contribution is 5.99. The van der Waals surface area contributed by atoms with Crippen LogP contribution in [0.3, 0.4) is 0 Å². The molecule has 0 radical (unpaired) electrons. The van der Waals surface area contributed by atoms with E-state index in [1.807, 2.05) is 0 Å². The quantitative estimate of drug-likeness (QED) is 0.562. The number of carbonyl (C=O) groups is 2. The number of pyridine rings is 1. The molecule has 1 fully saturated rings. The Balaban J connectivity index is 1.70. The van der Waals surface area contributed by atoms with Crippen molar-refractivity contribution in [3.8, 4) is 17.0 Å². The molecule has 0 atom stereocenters. The summed E-state index contributed by atoms with van der Waals surface area (Å²) in [6.45, 7) is 1.39. The number of methoxy groups -OCH3 is 1. The first kappa shape index (κ1) is 19.4. The number of anilines is 3. The Morgan fingerprint density at radius 1 is 1.27 bits per heavy atom. The Labute approximate surface area is 171 Å². The fourth-order valence-corrected chi connectivity index (χ4v) is 2.92. The molecule has 0 bridgehead atoms. The number of rotatable bonds is 7. The van der Waals surface area contributed by atoms with Gasteiger partial charge < -0.3 is 15.4 Å². The molecule has 0 unspecified atom stereocenters. The third-order valence-corrected chi connectivity index (χ3v) is 4.56. The van der Waals surface area contributed by atoms with E-state index < -0.39 is 0 Å². The van der Waals surface area contributed by atoms with Crippen LogP contribution in [-0.4, -0.2) is 49.0 Å². The molecule has 3 heterocycles. The lowest BCUT2D eigenvalue weighted by Crippen LogP contribution is -2.16. The average molecular weight is 408 g/mol. The normalized spacial score (nSPS) is 13.0. The zero-order valence-electron chi connectivity index (χ0n) is 16.7. The summed E-state index contributed by atoms with van der Waals surface area (Å²) < 4.78 is 5.55. The standard InChI is InChI=1S/C19H20N8O3/c1-10(28)16-13(8-15(24-25-16)23-19(29)11-4-5-11)22-18-17(30-3)12(6-7-20-18)14-9-21-27(2)26-14/h6-9,11H,4-5H2,1-3H3,(H2,20,22,23,24,29). The summed E-state index contributed by atoms with van der Waals surface area (Å²) in [5.74, 6) is 0.661. The number of nitrogens with zero attached hydrogens (tertiary/aromatic N) is 6. The average Bonchev–Trinajstić information content (AvgIpc) is 3.49. The van der Waals surface area contributed by atoms with Gasteiger partial charge in [0, 0.05) is 32.2 Å². The number of ether oxygens (including phenoxy) is 1. The molecule has 154 valence electrons. The van der Waals surface area contributed by atoms with Gasteiger partial charge in [0.1, 0.15) is 5.69 Å². The van der Waals surface area contributed by atoms with Crippen molar-refractivity contribution in [2.45, 2.75) is 19.8 Å². The van der Waals surface area contributed by atoms with E-state index in [1.165, 1.54) is 18.8 Å². The Kier molecular flexibility index (Phi) is 5.09. The van der Waals surface area contributed by atoms with E-state index in [4.69, 9.17) is 4.74 Å². The molecule has 3 aromatic heterocycles. The van der Waals surface area contributed by atoms with Gasteiger partial charge in [-0.3, -0.25) is 9.59 Å². The van der Waals surface area contributed by atoms with Crippen LogP contribution in [0, 0.1) is 5.92 Å². The van der Waals surface area contributed by atoms with Crippen molar-refractivity contribution in [2.75, 3.05) is 17.7 Å². The van der Waals surface area contributed by atoms with E-state index in [1.54, 1.807) is 31.6 Å². The zero-order chi connectivity index (χ0) is 21.3. The van der Waals surface area contributed by atoms with Crippen molar-refractivity contribution < 1.29 is 14.3 Å². The molecule has 0 spiro atoms. The van der Waals surface area contributed by atoms with E-state index in [-0.39, 0.29) is 29.1 Å². The minimum absolute atomic E-state index is 0.0149. The fourth-order valence-electron chi connectivity index (χ4n) is 2.92. The number of aromatic nitrogens is 6. The van der Waals surface area contributed by atoms with Crippen molar-refractivity contribution in [3.05, 3.63) is 30.2 Å². The third-order valence-electron chi connectivity index (χ3n) is 4.56. The number of amides is 1. The maximum absolute atomic E-state index is 12.1. The molecule has 1 aliphatic carbocycles. The minimum Gasteiger partial charge on any atom is -0.492 e. The van der Waals surface area contributed by atoms with Crippen molar-refractivity contribution in [2.24, 2.45) is 13.0 Å². The summed E-state index contributed by atoms with van der Waals surface area (Å²) in [5, 5.41) is 22.1. The van der Waals surface area contributed by atoms with Crippen LogP contribution < -0.4 is 15.4 Å². The fraction of sp³-hybridized carbons (Fsp3) is 0.316. The lowest BCUT2D eigenvalue weighted by molar-refractivity contribution is -0.117. The van der Waals surface area contributed by atoms with Crippen LogP contribution in [0.15, 0.2) is 24.5 Å². The second-order valence-corrected chi connectivity index (χ2v) is 6.90. The molecule has 1 aliphatic rings. The summed E-state index contributed by atoms with van der Waals surface area (Å²) in [6, 6.07) is 3.31. The van der Waals surface area contributed by atoms with Gasteiger partial charge >= 0.3 is 0 Å². The highest BCUT2D eigenvalue weighted by Crippen LogP contribution is 2.36. The topological polar surface area (TPSA) is 137 Å². The number of aryl methyl sites for hydroxylation is 1. The predicted octanol–water partition coefficient (Wildman–Crippen LogP) is 1.97. The second-order valence-electron chi connectivity index (χ2n) is 6.90. The van der Waals surface area contributed by atoms with Crippen molar-refractivity contribution in [1.29, 1.82) is 0 Å².